The van der Waals surface area contributed by atoms with Gasteiger partial charge in [-0.25, -0.2) is 17.6 Å². The van der Waals surface area contributed by atoms with Crippen LogP contribution in [-0.4, -0.2) is 25.0 Å². The van der Waals surface area contributed by atoms with Gasteiger partial charge in [-0.15, -0.1) is 0 Å². The zero-order valence-electron chi connectivity index (χ0n) is 14.9. The highest BCUT2D eigenvalue weighted by Crippen LogP contribution is 2.41. The third-order valence-electron chi connectivity index (χ3n) is 4.26. The van der Waals surface area contributed by atoms with Gasteiger partial charge in [0.05, 0.1) is 22.0 Å². The number of ether oxygens (including phenoxy) is 1. The van der Waals surface area contributed by atoms with Gasteiger partial charge in [0.2, 0.25) is 0 Å². The number of alkyl halides is 2. The van der Waals surface area contributed by atoms with E-state index < -0.39 is 24.7 Å². The lowest BCUT2D eigenvalue weighted by molar-refractivity contribution is 0.0815. The molecule has 0 amide bonds. The fraction of sp³-hybridized carbons (Fsp3) is 0.143. The normalized spacial score (nSPS) is 14.6. The smallest absolute Gasteiger partial charge is 0.272 e. The van der Waals surface area contributed by atoms with Crippen molar-refractivity contribution in [3.63, 3.8) is 0 Å². The topological polar surface area (TPSA) is 12.5 Å². The molecular weight excluding hydrogens is 394 g/mol. The second-order valence-electron chi connectivity index (χ2n) is 6.09. The summed E-state index contributed by atoms with van der Waals surface area (Å²) >= 11 is 6.24. The summed E-state index contributed by atoms with van der Waals surface area (Å²) in [5.74, 6) is -2.20. The lowest BCUT2D eigenvalue weighted by Crippen LogP contribution is -2.22. The highest BCUT2D eigenvalue weighted by molar-refractivity contribution is 6.33. The van der Waals surface area contributed by atoms with Crippen LogP contribution in [0.2, 0.25) is 0 Å². The van der Waals surface area contributed by atoms with Crippen molar-refractivity contribution in [3.8, 4) is 5.75 Å². The van der Waals surface area contributed by atoms with E-state index in [1.807, 2.05) is 6.07 Å². The van der Waals surface area contributed by atoms with Crippen LogP contribution in [0.5, 0.6) is 5.75 Å². The Hall–Kier alpha value is -2.73. The van der Waals surface area contributed by atoms with Crippen LogP contribution >= 0.6 is 11.6 Å². The van der Waals surface area contributed by atoms with Gasteiger partial charge in [-0.05, 0) is 11.6 Å². The van der Waals surface area contributed by atoms with Crippen molar-refractivity contribution in [2.45, 2.75) is 6.43 Å². The summed E-state index contributed by atoms with van der Waals surface area (Å²) in [6, 6.07) is 10.7. The number of hydrogen-bond acceptors (Lipinski definition) is 2. The second kappa shape index (κ2) is 8.10. The van der Waals surface area contributed by atoms with Gasteiger partial charge < -0.3 is 9.64 Å². The minimum atomic E-state index is -2.75. The molecule has 1 aliphatic heterocycles. The van der Waals surface area contributed by atoms with Gasteiger partial charge in [-0.1, -0.05) is 48.5 Å². The maximum atomic E-state index is 14.9. The van der Waals surface area contributed by atoms with Gasteiger partial charge in [0.15, 0.2) is 0 Å². The van der Waals surface area contributed by atoms with Crippen molar-refractivity contribution in [1.82, 2.24) is 4.90 Å². The van der Waals surface area contributed by atoms with Crippen LogP contribution < -0.4 is 4.74 Å². The number of halogens is 5. The van der Waals surface area contributed by atoms with Crippen LogP contribution in [0.4, 0.5) is 17.6 Å². The fourth-order valence-corrected chi connectivity index (χ4v) is 3.15. The summed E-state index contributed by atoms with van der Waals surface area (Å²) in [6.07, 6.45) is -1.16. The summed E-state index contributed by atoms with van der Waals surface area (Å²) < 4.78 is 59.1. The first-order valence-corrected chi connectivity index (χ1v) is 8.67. The number of hydrogen-bond donors (Lipinski definition) is 0. The van der Waals surface area contributed by atoms with Crippen molar-refractivity contribution in [1.29, 1.82) is 0 Å². The van der Waals surface area contributed by atoms with Crippen molar-refractivity contribution in [3.05, 3.63) is 88.6 Å². The average molecular weight is 410 g/mol. The molecule has 0 spiro atoms. The molecular formula is C21H16ClF4NO. The largest absolute Gasteiger partial charge is 0.487 e. The summed E-state index contributed by atoms with van der Waals surface area (Å²) in [4.78, 5) is 1.49. The number of nitrogens with zero attached hydrogens (tertiary/aromatic N) is 1. The Morgan fingerprint density at radius 3 is 2.29 bits per heavy atom. The van der Waals surface area contributed by atoms with Crippen LogP contribution in [-0.2, 0) is 0 Å². The predicted molar refractivity (Wildman–Crippen MR) is 102 cm³/mol. The van der Waals surface area contributed by atoms with E-state index in [1.165, 1.54) is 4.90 Å². The van der Waals surface area contributed by atoms with Gasteiger partial charge in [-0.2, -0.15) is 0 Å². The Labute approximate surface area is 165 Å². The molecule has 2 aromatic carbocycles. The molecule has 0 saturated heterocycles. The van der Waals surface area contributed by atoms with Crippen molar-refractivity contribution in [2.75, 3.05) is 13.7 Å². The first kappa shape index (κ1) is 20.0. The van der Waals surface area contributed by atoms with Crippen LogP contribution in [0.15, 0.2) is 65.8 Å². The van der Waals surface area contributed by atoms with E-state index in [1.54, 1.807) is 37.4 Å². The van der Waals surface area contributed by atoms with Crippen LogP contribution in [0.25, 0.3) is 11.3 Å². The molecule has 1 heterocycles. The lowest BCUT2D eigenvalue weighted by atomic mass is 9.94. The highest BCUT2D eigenvalue weighted by Gasteiger charge is 2.28. The summed E-state index contributed by atoms with van der Waals surface area (Å²) in [5.41, 5.74) is 1.46. The minimum absolute atomic E-state index is 0.219. The first-order valence-electron chi connectivity index (χ1n) is 8.30. The quantitative estimate of drug-likeness (QED) is 0.557. The molecule has 1 aliphatic rings. The highest BCUT2D eigenvalue weighted by atomic mass is 35.5. The zero-order chi connectivity index (χ0) is 20.4. The van der Waals surface area contributed by atoms with Gasteiger partial charge >= 0.3 is 0 Å². The molecule has 0 saturated carbocycles. The number of benzene rings is 2. The van der Waals surface area contributed by atoms with E-state index in [2.05, 4.69) is 6.58 Å². The Bertz CT molecular complexity index is 947. The number of likely N-dealkylation sites (N-methyl/N-ethyl adjacent to an activating group) is 1. The molecule has 146 valence electrons. The molecule has 28 heavy (non-hydrogen) atoms. The standard InChI is InChI=1S/C21H16ClF4NO/c1-12-16(22)10-15(13-6-4-3-5-7-13)21(27(12)2)20-17(23)8-14(9-18(20)24)28-11-19(25)26/h3-10,19H,1,11H2,2H3. The Balaban J connectivity index is 2.19. The lowest BCUT2D eigenvalue weighted by Gasteiger charge is -2.31. The average Bonchev–Trinajstić information content (AvgIpc) is 2.66. The van der Waals surface area contributed by atoms with E-state index in [4.69, 9.17) is 16.3 Å². The fourth-order valence-electron chi connectivity index (χ4n) is 2.91. The van der Waals surface area contributed by atoms with Gasteiger partial charge in [0.1, 0.15) is 24.0 Å². The third kappa shape index (κ3) is 3.92. The molecule has 0 N–H and O–H groups in total. The first-order chi connectivity index (χ1) is 13.3. The SMILES string of the molecule is C=C1C(Cl)=CC(c2ccccc2)=C(c2c(F)cc(OCC(F)F)cc2F)N1C. The molecule has 0 aromatic heterocycles. The van der Waals surface area contributed by atoms with E-state index in [-0.39, 0.29) is 17.0 Å². The molecule has 0 bridgehead atoms. The maximum absolute atomic E-state index is 14.9. The molecule has 0 aliphatic carbocycles. The van der Waals surface area contributed by atoms with E-state index in [0.29, 0.717) is 21.9 Å². The Kier molecular flexibility index (Phi) is 5.79. The summed E-state index contributed by atoms with van der Waals surface area (Å²) in [5, 5.41) is 0.336. The van der Waals surface area contributed by atoms with Gasteiger partial charge in [0, 0.05) is 24.8 Å². The molecule has 0 unspecified atom stereocenters. The molecule has 3 rings (SSSR count). The Morgan fingerprint density at radius 2 is 1.71 bits per heavy atom. The zero-order valence-corrected chi connectivity index (χ0v) is 15.6. The van der Waals surface area contributed by atoms with Crippen molar-refractivity contribution >= 4 is 22.9 Å². The number of allylic oxidation sites excluding steroid dienone is 3. The molecule has 2 aromatic rings. The molecule has 7 heteroatoms. The van der Waals surface area contributed by atoms with E-state index in [0.717, 1.165) is 12.1 Å². The third-order valence-corrected chi connectivity index (χ3v) is 4.58. The molecule has 2 nitrogen and oxygen atoms in total. The van der Waals surface area contributed by atoms with Crippen LogP contribution in [0.3, 0.4) is 0 Å². The minimum Gasteiger partial charge on any atom is -0.487 e. The Morgan fingerprint density at radius 1 is 1.11 bits per heavy atom. The molecule has 0 atom stereocenters. The predicted octanol–water partition coefficient (Wildman–Crippen LogP) is 6.06. The summed E-state index contributed by atoms with van der Waals surface area (Å²) in [7, 11) is 1.59. The van der Waals surface area contributed by atoms with Gasteiger partial charge in [0.25, 0.3) is 6.43 Å². The monoisotopic (exact) mass is 409 g/mol. The van der Waals surface area contributed by atoms with Crippen molar-refractivity contribution < 1.29 is 22.3 Å². The summed E-state index contributed by atoms with van der Waals surface area (Å²) in [6.45, 7) is 2.89. The number of rotatable bonds is 5. The van der Waals surface area contributed by atoms with E-state index >= 15 is 0 Å². The van der Waals surface area contributed by atoms with Crippen molar-refractivity contribution in [2.24, 2.45) is 0 Å². The van der Waals surface area contributed by atoms with Crippen LogP contribution in [0, 0.1) is 11.6 Å². The van der Waals surface area contributed by atoms with Gasteiger partial charge in [-0.3, -0.25) is 0 Å². The van der Waals surface area contributed by atoms with Crippen LogP contribution in [0.1, 0.15) is 11.1 Å². The second-order valence-corrected chi connectivity index (χ2v) is 6.50. The molecule has 0 fully saturated rings. The maximum Gasteiger partial charge on any atom is 0.272 e. The van der Waals surface area contributed by atoms with E-state index in [9.17, 15) is 17.6 Å². The molecule has 0 radical (unpaired) electrons.